The fourth-order valence-corrected chi connectivity index (χ4v) is 4.42. The number of aromatic nitrogens is 2. The average molecular weight is 480 g/mol. The van der Waals surface area contributed by atoms with Crippen LogP contribution in [0, 0.1) is 5.92 Å². The third-order valence-corrected chi connectivity index (χ3v) is 6.17. The molecule has 174 valence electrons. The van der Waals surface area contributed by atoms with Gasteiger partial charge >= 0.3 is 5.97 Å². The molecular formula is C25H22ClN3O5. The average Bonchev–Trinajstić information content (AvgIpc) is 3.30. The van der Waals surface area contributed by atoms with E-state index in [0.717, 1.165) is 27.5 Å². The highest BCUT2D eigenvalue weighted by molar-refractivity contribution is 5.97. The molecule has 9 heteroatoms. The van der Waals surface area contributed by atoms with Crippen molar-refractivity contribution >= 4 is 29.1 Å². The Morgan fingerprint density at radius 3 is 2.56 bits per heavy atom. The number of carbonyl (C=O) groups is 1. The van der Waals surface area contributed by atoms with Gasteiger partial charge in [-0.2, -0.15) is 4.98 Å². The third-order valence-electron chi connectivity index (χ3n) is 6.17. The molecule has 1 aromatic heterocycles. The molecule has 1 saturated heterocycles. The Labute approximate surface area is 201 Å². The molecule has 2 aliphatic rings. The number of likely N-dealkylation sites (tertiary alicyclic amines) is 1. The van der Waals surface area contributed by atoms with Crippen molar-refractivity contribution in [2.24, 2.45) is 5.92 Å². The molecule has 3 aromatic carbocycles. The second-order valence-corrected chi connectivity index (χ2v) is 8.33. The lowest BCUT2D eigenvalue weighted by molar-refractivity contribution is -0.147. The van der Waals surface area contributed by atoms with Crippen LogP contribution in [-0.4, -0.2) is 52.4 Å². The highest BCUT2D eigenvalue weighted by atomic mass is 35.5. The van der Waals surface area contributed by atoms with E-state index < -0.39 is 5.97 Å². The summed E-state index contributed by atoms with van der Waals surface area (Å²) in [4.78, 5) is 17.9. The molecule has 3 heterocycles. The molecule has 6 rings (SSSR count). The summed E-state index contributed by atoms with van der Waals surface area (Å²) in [5.74, 6) is 1.31. The number of carboxylic acids is 1. The normalized spacial score (nSPS) is 15.5. The van der Waals surface area contributed by atoms with Crippen molar-refractivity contribution < 1.29 is 23.9 Å². The first-order valence-corrected chi connectivity index (χ1v) is 10.9. The minimum absolute atomic E-state index is 0. The van der Waals surface area contributed by atoms with E-state index in [4.69, 9.17) is 19.1 Å². The summed E-state index contributed by atoms with van der Waals surface area (Å²) >= 11 is 0. The fraction of sp³-hybridized carbons (Fsp3) is 0.240. The first-order valence-electron chi connectivity index (χ1n) is 10.9. The number of rotatable bonds is 5. The maximum absolute atomic E-state index is 11.1. The Balaban J connectivity index is 0.00000241. The topological polar surface area (TPSA) is 97.9 Å². The Kier molecular flexibility index (Phi) is 5.85. The maximum Gasteiger partial charge on any atom is 0.309 e. The first kappa shape index (κ1) is 22.2. The van der Waals surface area contributed by atoms with Crippen molar-refractivity contribution in [3.05, 3.63) is 60.2 Å². The van der Waals surface area contributed by atoms with Gasteiger partial charge in [0.1, 0.15) is 13.2 Å². The smallest absolute Gasteiger partial charge is 0.309 e. The Bertz CT molecular complexity index is 1370. The van der Waals surface area contributed by atoms with Gasteiger partial charge in [-0.25, -0.2) is 0 Å². The van der Waals surface area contributed by atoms with E-state index in [9.17, 15) is 4.79 Å². The zero-order valence-corrected chi connectivity index (χ0v) is 19.0. The lowest BCUT2D eigenvalue weighted by Gasteiger charge is -2.36. The van der Waals surface area contributed by atoms with Gasteiger partial charge in [0.25, 0.3) is 5.89 Å². The summed E-state index contributed by atoms with van der Waals surface area (Å²) in [7, 11) is 0. The zero-order valence-electron chi connectivity index (χ0n) is 18.1. The Hall–Kier alpha value is -3.62. The minimum Gasteiger partial charge on any atom is -0.486 e. The van der Waals surface area contributed by atoms with E-state index in [2.05, 4.69) is 27.2 Å². The number of aliphatic carboxylic acids is 1. The van der Waals surface area contributed by atoms with Crippen LogP contribution in [0.4, 0.5) is 0 Å². The largest absolute Gasteiger partial charge is 0.486 e. The van der Waals surface area contributed by atoms with Crippen molar-refractivity contribution in [2.45, 2.75) is 6.54 Å². The van der Waals surface area contributed by atoms with Crippen LogP contribution >= 0.6 is 12.4 Å². The summed E-state index contributed by atoms with van der Waals surface area (Å²) in [5.41, 5.74) is 2.80. The van der Waals surface area contributed by atoms with Crippen LogP contribution in [0.3, 0.4) is 0 Å². The molecule has 4 aromatic rings. The molecule has 1 fully saturated rings. The second kappa shape index (κ2) is 8.96. The fourth-order valence-electron chi connectivity index (χ4n) is 4.42. The Morgan fingerprint density at radius 2 is 1.76 bits per heavy atom. The predicted octanol–water partition coefficient (Wildman–Crippen LogP) is 4.27. The quantitative estimate of drug-likeness (QED) is 0.453. The molecule has 0 unspecified atom stereocenters. The summed E-state index contributed by atoms with van der Waals surface area (Å²) in [5, 5.41) is 15.5. The van der Waals surface area contributed by atoms with E-state index in [1.165, 1.54) is 0 Å². The van der Waals surface area contributed by atoms with Crippen molar-refractivity contribution in [1.82, 2.24) is 15.0 Å². The van der Waals surface area contributed by atoms with Crippen LogP contribution in [0.15, 0.2) is 59.1 Å². The van der Waals surface area contributed by atoms with Gasteiger partial charge in [0.15, 0.2) is 11.5 Å². The third kappa shape index (κ3) is 3.95. The van der Waals surface area contributed by atoms with E-state index in [1.54, 1.807) is 0 Å². The summed E-state index contributed by atoms with van der Waals surface area (Å²) in [6.07, 6.45) is 0. The lowest BCUT2D eigenvalue weighted by atomic mass is 9.95. The summed E-state index contributed by atoms with van der Waals surface area (Å²) < 4.78 is 16.8. The SMILES string of the molecule is Cl.O=C(O)C1CN(Cc2ccc(-c3noc(-c4ccc5c(c4)OCCO5)n3)c3ccccc23)C1. The molecule has 8 nitrogen and oxygen atoms in total. The number of hydrogen-bond donors (Lipinski definition) is 1. The van der Waals surface area contributed by atoms with E-state index in [0.29, 0.717) is 56.1 Å². The summed E-state index contributed by atoms with van der Waals surface area (Å²) in [6.45, 7) is 2.92. The molecule has 0 spiro atoms. The van der Waals surface area contributed by atoms with E-state index >= 15 is 0 Å². The highest BCUT2D eigenvalue weighted by Gasteiger charge is 2.32. The van der Waals surface area contributed by atoms with Crippen molar-refractivity contribution in [3.8, 4) is 34.3 Å². The van der Waals surface area contributed by atoms with E-state index in [-0.39, 0.29) is 18.3 Å². The molecule has 0 aliphatic carbocycles. The van der Waals surface area contributed by atoms with Gasteiger partial charge in [0, 0.05) is 30.8 Å². The number of halogens is 1. The first-order chi connectivity index (χ1) is 16.2. The standard InChI is InChI=1S/C25H21N3O5.ClH/c29-25(30)17-13-28(14-17)12-16-5-7-20(19-4-2-1-3-18(16)19)23-26-24(33-27-23)15-6-8-21-22(11-15)32-10-9-31-21;/h1-8,11,17H,9-10,12-14H2,(H,29,30);1H. The van der Waals surface area contributed by atoms with Crippen LogP contribution in [0.2, 0.25) is 0 Å². The van der Waals surface area contributed by atoms with Crippen LogP contribution in [0.5, 0.6) is 11.5 Å². The van der Waals surface area contributed by atoms with Crippen molar-refractivity contribution in [1.29, 1.82) is 0 Å². The van der Waals surface area contributed by atoms with Gasteiger partial charge in [-0.3, -0.25) is 9.69 Å². The van der Waals surface area contributed by atoms with Gasteiger partial charge < -0.3 is 19.1 Å². The van der Waals surface area contributed by atoms with Gasteiger partial charge in [-0.05, 0) is 34.5 Å². The molecular weight excluding hydrogens is 458 g/mol. The van der Waals surface area contributed by atoms with Crippen LogP contribution in [0.1, 0.15) is 5.56 Å². The second-order valence-electron chi connectivity index (χ2n) is 8.33. The Morgan fingerprint density at radius 1 is 1.00 bits per heavy atom. The number of carboxylic acid groups (broad SMARTS) is 1. The highest BCUT2D eigenvalue weighted by Crippen LogP contribution is 2.36. The van der Waals surface area contributed by atoms with Crippen LogP contribution < -0.4 is 9.47 Å². The van der Waals surface area contributed by atoms with Gasteiger partial charge in [-0.15, -0.1) is 12.4 Å². The number of nitrogens with zero attached hydrogens (tertiary/aromatic N) is 3. The maximum atomic E-state index is 11.1. The number of hydrogen-bond acceptors (Lipinski definition) is 7. The lowest BCUT2D eigenvalue weighted by Crippen LogP contribution is -2.49. The number of fused-ring (bicyclic) bond motifs is 2. The van der Waals surface area contributed by atoms with Crippen LogP contribution in [-0.2, 0) is 11.3 Å². The van der Waals surface area contributed by atoms with E-state index in [1.807, 2.05) is 42.5 Å². The molecule has 0 atom stereocenters. The van der Waals surface area contributed by atoms with Crippen molar-refractivity contribution in [3.63, 3.8) is 0 Å². The molecule has 0 bridgehead atoms. The molecule has 2 aliphatic heterocycles. The predicted molar refractivity (Wildman–Crippen MR) is 127 cm³/mol. The molecule has 34 heavy (non-hydrogen) atoms. The minimum atomic E-state index is -0.725. The molecule has 1 N–H and O–H groups in total. The van der Waals surface area contributed by atoms with Gasteiger partial charge in [0.2, 0.25) is 5.82 Å². The summed E-state index contributed by atoms with van der Waals surface area (Å²) in [6, 6.07) is 17.8. The molecule has 0 amide bonds. The number of ether oxygens (including phenoxy) is 2. The van der Waals surface area contributed by atoms with Crippen molar-refractivity contribution in [2.75, 3.05) is 26.3 Å². The van der Waals surface area contributed by atoms with Crippen LogP contribution in [0.25, 0.3) is 33.6 Å². The monoisotopic (exact) mass is 479 g/mol. The zero-order chi connectivity index (χ0) is 22.4. The van der Waals surface area contributed by atoms with Gasteiger partial charge in [0.05, 0.1) is 5.92 Å². The number of benzene rings is 3. The van der Waals surface area contributed by atoms with Gasteiger partial charge in [-0.1, -0.05) is 41.6 Å². The molecule has 0 saturated carbocycles. The molecule has 0 radical (unpaired) electrons.